The van der Waals surface area contributed by atoms with Gasteiger partial charge in [-0.2, -0.15) is 8.91 Å². The highest BCUT2D eigenvalue weighted by atomic mass is 32.2. The first kappa shape index (κ1) is 66.8. The minimum atomic E-state index is -4.71. The van der Waals surface area contributed by atoms with Gasteiger partial charge in [0.25, 0.3) is 0 Å². The third-order valence-corrected chi connectivity index (χ3v) is 14.3. The summed E-state index contributed by atoms with van der Waals surface area (Å²) in [6.45, 7) is 19.2. The summed E-state index contributed by atoms with van der Waals surface area (Å²) < 4.78 is 104. The van der Waals surface area contributed by atoms with Crippen LogP contribution in [0.2, 0.25) is 0 Å². The van der Waals surface area contributed by atoms with Crippen molar-refractivity contribution in [1.29, 1.82) is 0 Å². The fraction of sp³-hybridized carbons (Fsp3) is 0.636. The van der Waals surface area contributed by atoms with Crippen LogP contribution in [0.4, 0.5) is 11.4 Å². The molecule has 0 fully saturated rings. The van der Waals surface area contributed by atoms with Gasteiger partial charge in [-0.1, -0.05) is 18.2 Å². The predicted molar refractivity (Wildman–Crippen MR) is 289 cm³/mol. The molecule has 0 radical (unpaired) electrons. The summed E-state index contributed by atoms with van der Waals surface area (Å²) in [6.07, 6.45) is 12.7. The van der Waals surface area contributed by atoms with Gasteiger partial charge >= 0.3 is 5.97 Å². The molecule has 0 saturated carbocycles. The van der Waals surface area contributed by atoms with E-state index in [4.69, 9.17) is 57.2 Å². The number of unbranched alkanes of at least 4 members (excludes halogenated alkanes) is 2. The summed E-state index contributed by atoms with van der Waals surface area (Å²) in [5.41, 5.74) is 4.43. The number of allylic oxidation sites excluding steroid dienone is 6. The SMILES string of the molecule is CCN1C(=CC=CC=CC2=[N+](CCCCCC(=O)O)c3ccc(SOO[O-])cc3C2(C)C)C(C)(CCOCCOCCOCCOCCOCCOCCOCCOCCOCCOCCOC)c2cc(S(=O)(=O)[O-])ccc21. The number of likely N-dealkylation sites (N-methyl/N-ethyl adjacent to an activating group) is 1. The standard InChI is InChI=1S/C55H84N2O19S2/c1-6-56-50-19-17-46(78(61,62)63)44-48(50)55(4,52(56)14-10-7-9-13-51-54(2,3)47-43-45(77-76-75-60)16-18-49(47)57(51)21-12-8-11-15-53(58)59)20-22-65-25-26-67-29-30-69-33-34-71-37-38-73-41-42-74-40-39-72-36-35-70-32-31-68-28-27-66-24-23-64-5/h7,9-10,13-14,16-19,43-44H,6,8,11-12,15,20-42H2,1-5H3,(H2-,58,59,60,61,62,63)/p-1. The fourth-order valence-corrected chi connectivity index (χ4v) is 9.76. The second kappa shape index (κ2) is 38.1. The van der Waals surface area contributed by atoms with Gasteiger partial charge in [0.15, 0.2) is 5.71 Å². The number of ether oxygens (including phenoxy) is 11. The van der Waals surface area contributed by atoms with E-state index in [1.807, 2.05) is 56.4 Å². The van der Waals surface area contributed by atoms with Crippen molar-refractivity contribution in [3.05, 3.63) is 83.6 Å². The summed E-state index contributed by atoms with van der Waals surface area (Å²) >= 11 is 0.836. The Morgan fingerprint density at radius 2 is 1.18 bits per heavy atom. The largest absolute Gasteiger partial charge is 0.744 e. The molecule has 0 aliphatic carbocycles. The molecule has 1 unspecified atom stereocenters. The van der Waals surface area contributed by atoms with Crippen LogP contribution in [0.15, 0.2) is 82.3 Å². The maximum atomic E-state index is 12.2. The van der Waals surface area contributed by atoms with Gasteiger partial charge in [0, 0.05) is 72.5 Å². The molecule has 23 heteroatoms. The maximum Gasteiger partial charge on any atom is 0.303 e. The minimum absolute atomic E-state index is 0.123. The van der Waals surface area contributed by atoms with Gasteiger partial charge in [0.2, 0.25) is 5.69 Å². The Labute approximate surface area is 465 Å². The molecule has 0 aromatic heterocycles. The Balaban J connectivity index is 1.15. The summed E-state index contributed by atoms with van der Waals surface area (Å²) in [5, 5.41) is 23.3. The Morgan fingerprint density at radius 3 is 1.65 bits per heavy atom. The number of fused-ring (bicyclic) bond motifs is 2. The average Bonchev–Trinajstić information content (AvgIpc) is 4.01. The third kappa shape index (κ3) is 23.4. The molecule has 1 N–H and O–H groups in total. The highest BCUT2D eigenvalue weighted by Crippen LogP contribution is 2.50. The molecule has 4 rings (SSSR count). The first-order chi connectivity index (χ1) is 37.8. The summed E-state index contributed by atoms with van der Waals surface area (Å²) in [6, 6.07) is 10.4. The number of carboxylic acid groups (broad SMARTS) is 1. The molecule has 78 heavy (non-hydrogen) atoms. The molecular weight excluding hydrogens is 1060 g/mol. The van der Waals surface area contributed by atoms with Crippen LogP contribution in [-0.2, 0) is 87.2 Å². The van der Waals surface area contributed by atoms with E-state index in [-0.39, 0.29) is 11.3 Å². The molecule has 21 nitrogen and oxygen atoms in total. The van der Waals surface area contributed by atoms with Gasteiger partial charge in [-0.15, -0.1) is 0 Å². The van der Waals surface area contributed by atoms with Crippen LogP contribution in [0, 0.1) is 0 Å². The first-order valence-corrected chi connectivity index (χ1v) is 28.8. The van der Waals surface area contributed by atoms with Crippen molar-refractivity contribution in [3.8, 4) is 0 Å². The molecule has 0 bridgehead atoms. The highest BCUT2D eigenvalue weighted by Gasteiger charge is 2.45. The summed E-state index contributed by atoms with van der Waals surface area (Å²) in [5.74, 6) is -0.809. The number of anilines is 1. The highest BCUT2D eigenvalue weighted by molar-refractivity contribution is 7.94. The number of hydrogen-bond acceptors (Lipinski definition) is 20. The van der Waals surface area contributed by atoms with Gasteiger partial charge in [0.1, 0.15) is 16.7 Å². The molecule has 0 spiro atoms. The number of benzene rings is 2. The number of aliphatic carboxylic acids is 1. The van der Waals surface area contributed by atoms with E-state index in [9.17, 15) is 23.0 Å². The molecule has 0 saturated heterocycles. The maximum absolute atomic E-state index is 12.2. The topological polar surface area (TPSA) is 244 Å². The van der Waals surface area contributed by atoms with Crippen LogP contribution in [0.5, 0.6) is 0 Å². The zero-order valence-electron chi connectivity index (χ0n) is 46.2. The molecule has 2 aromatic carbocycles. The van der Waals surface area contributed by atoms with Crippen molar-refractivity contribution in [2.75, 3.05) is 164 Å². The van der Waals surface area contributed by atoms with E-state index in [1.54, 1.807) is 13.2 Å². The number of rotatable bonds is 47. The van der Waals surface area contributed by atoms with Crippen molar-refractivity contribution >= 4 is 45.2 Å². The van der Waals surface area contributed by atoms with Crippen molar-refractivity contribution < 1.29 is 94.2 Å². The Morgan fingerprint density at radius 1 is 0.667 bits per heavy atom. The van der Waals surface area contributed by atoms with Crippen molar-refractivity contribution in [2.24, 2.45) is 0 Å². The minimum Gasteiger partial charge on any atom is -0.744 e. The molecule has 2 aromatic rings. The lowest BCUT2D eigenvalue weighted by atomic mass is 9.78. The number of nitrogens with zero attached hydrogens (tertiary/aromatic N) is 2. The van der Waals surface area contributed by atoms with E-state index >= 15 is 0 Å². The van der Waals surface area contributed by atoms with Gasteiger partial charge < -0.3 is 71.9 Å². The van der Waals surface area contributed by atoms with Crippen molar-refractivity contribution in [3.63, 3.8) is 0 Å². The zero-order chi connectivity index (χ0) is 56.3. The second-order valence-electron chi connectivity index (χ2n) is 18.6. The fourth-order valence-electron chi connectivity index (χ4n) is 8.87. The number of methoxy groups -OCH3 is 1. The van der Waals surface area contributed by atoms with E-state index < -0.39 is 26.9 Å². The summed E-state index contributed by atoms with van der Waals surface area (Å²) in [7, 11) is -3.08. The van der Waals surface area contributed by atoms with E-state index in [0.29, 0.717) is 170 Å². The molecule has 2 aliphatic rings. The number of hydrogen-bond donors (Lipinski definition) is 1. The van der Waals surface area contributed by atoms with E-state index in [0.717, 1.165) is 58.8 Å². The lowest BCUT2D eigenvalue weighted by molar-refractivity contribution is -0.777. The lowest BCUT2D eigenvalue weighted by Gasteiger charge is -2.30. The quantitative estimate of drug-likeness (QED) is 0.0156. The number of carbonyl (C=O) groups is 1. The normalized spacial score (nSPS) is 16.7. The van der Waals surface area contributed by atoms with Crippen LogP contribution in [0.25, 0.3) is 0 Å². The van der Waals surface area contributed by atoms with Gasteiger partial charge in [-0.05, 0) is 88.9 Å². The van der Waals surface area contributed by atoms with Crippen LogP contribution in [-0.4, -0.2) is 193 Å². The average molecular weight is 1140 g/mol. The van der Waals surface area contributed by atoms with E-state index in [2.05, 4.69) is 38.8 Å². The van der Waals surface area contributed by atoms with Crippen LogP contribution in [0.3, 0.4) is 0 Å². The monoisotopic (exact) mass is 1140 g/mol. The molecule has 2 heterocycles. The number of carboxylic acids is 1. The van der Waals surface area contributed by atoms with Gasteiger partial charge in [-0.3, -0.25) is 9.83 Å². The summed E-state index contributed by atoms with van der Waals surface area (Å²) in [4.78, 5) is 13.7. The third-order valence-electron chi connectivity index (χ3n) is 12.9. The van der Waals surface area contributed by atoms with Gasteiger partial charge in [0.05, 0.1) is 154 Å². The Hall–Kier alpha value is -3.70. The molecular formula is C55H83N2O19S2-. The van der Waals surface area contributed by atoms with Crippen molar-refractivity contribution in [2.45, 2.75) is 80.4 Å². The van der Waals surface area contributed by atoms with Gasteiger partial charge in [-0.25, -0.2) is 8.42 Å². The van der Waals surface area contributed by atoms with Crippen molar-refractivity contribution in [1.82, 2.24) is 0 Å². The molecule has 2 aliphatic heterocycles. The van der Waals surface area contributed by atoms with Crippen LogP contribution >= 0.6 is 12.0 Å². The smallest absolute Gasteiger partial charge is 0.303 e. The van der Waals surface area contributed by atoms with E-state index in [1.165, 1.54) is 12.1 Å². The molecule has 440 valence electrons. The Kier molecular flexibility index (Phi) is 32.6. The van der Waals surface area contributed by atoms with Crippen LogP contribution < -0.4 is 10.2 Å². The Bertz CT molecular complexity index is 2280. The molecule has 1 atom stereocenters. The lowest BCUT2D eigenvalue weighted by Crippen LogP contribution is -2.30. The second-order valence-corrected chi connectivity index (χ2v) is 20.8. The zero-order valence-corrected chi connectivity index (χ0v) is 47.8. The molecule has 0 amide bonds. The predicted octanol–water partition coefficient (Wildman–Crippen LogP) is 5.84. The van der Waals surface area contributed by atoms with Crippen LogP contribution in [0.1, 0.15) is 70.9 Å². The first-order valence-electron chi connectivity index (χ1n) is 26.6.